The molecule has 0 unspecified atom stereocenters. The molecule has 3 aromatic heterocycles. The number of benzene rings is 10. The van der Waals surface area contributed by atoms with Gasteiger partial charge in [0.2, 0.25) is 0 Å². The Morgan fingerprint density at radius 3 is 1.58 bits per heavy atom. The minimum absolute atomic E-state index is 0.796. The van der Waals surface area contributed by atoms with Crippen molar-refractivity contribution in [2.24, 2.45) is 0 Å². The predicted octanol–water partition coefficient (Wildman–Crippen LogP) is 16.5. The summed E-state index contributed by atoms with van der Waals surface area (Å²) in [5, 5.41) is 11.2. The number of hydrogen-bond donors (Lipinski definition) is 0. The molecule has 0 spiro atoms. The lowest BCUT2D eigenvalue weighted by Crippen LogP contribution is -2.10. The average Bonchev–Trinajstić information content (AvgIpc) is 4.01. The smallest absolute Gasteiger partial charge is 0.160 e. The van der Waals surface area contributed by atoms with Crippen LogP contribution >= 0.6 is 0 Å². The zero-order valence-electron chi connectivity index (χ0n) is 32.2. The molecule has 280 valence electrons. The highest BCUT2D eigenvalue weighted by Gasteiger charge is 2.25. The summed E-state index contributed by atoms with van der Waals surface area (Å²) in [6.45, 7) is 0. The van der Waals surface area contributed by atoms with Crippen molar-refractivity contribution >= 4 is 104 Å². The largest absolute Gasteiger partial charge is 0.456 e. The van der Waals surface area contributed by atoms with E-state index in [9.17, 15) is 0 Å². The van der Waals surface area contributed by atoms with Crippen LogP contribution in [0.15, 0.2) is 213 Å². The highest BCUT2D eigenvalue weighted by molar-refractivity contribution is 6.23. The van der Waals surface area contributed by atoms with E-state index in [4.69, 9.17) is 13.3 Å². The summed E-state index contributed by atoms with van der Waals surface area (Å²) in [4.78, 5) is 2.32. The Balaban J connectivity index is 1.11. The summed E-state index contributed by atoms with van der Waals surface area (Å²) in [5.41, 5.74) is 12.3. The Bertz CT molecular complexity index is 3850. The molecule has 4 nitrogen and oxygen atoms in total. The van der Waals surface area contributed by atoms with E-state index in [1.165, 1.54) is 21.5 Å². The molecule has 0 aliphatic carbocycles. The van der Waals surface area contributed by atoms with Crippen LogP contribution in [0.25, 0.3) is 110 Å². The van der Waals surface area contributed by atoms with E-state index in [0.717, 1.165) is 105 Å². The van der Waals surface area contributed by atoms with Crippen LogP contribution in [-0.2, 0) is 0 Å². The van der Waals surface area contributed by atoms with Crippen LogP contribution in [0.2, 0.25) is 0 Å². The molecule has 13 rings (SSSR count). The molecule has 0 aliphatic rings. The fourth-order valence-electron chi connectivity index (χ4n) is 9.52. The molecule has 0 bridgehead atoms. The van der Waals surface area contributed by atoms with Gasteiger partial charge in [0.15, 0.2) is 5.58 Å². The monoisotopic (exact) mass is 767 g/mol. The van der Waals surface area contributed by atoms with Crippen molar-refractivity contribution in [3.63, 3.8) is 0 Å². The van der Waals surface area contributed by atoms with Crippen LogP contribution in [0.5, 0.6) is 0 Å². The SMILES string of the molecule is c1ccc(-c2ccc(-c3ccc(N(c4ccc5c(c4)oc4ccccc45)c4ccc5ccc6ccccc6c5c4)c4oc5ccccc5c34)c3c2oc2ccccc23)cc1. The van der Waals surface area contributed by atoms with Gasteiger partial charge in [0.05, 0.1) is 11.4 Å². The summed E-state index contributed by atoms with van der Waals surface area (Å²) >= 11 is 0. The molecule has 0 radical (unpaired) electrons. The fraction of sp³-hybridized carbons (Fsp3) is 0. The average molecular weight is 768 g/mol. The molecule has 10 aromatic carbocycles. The van der Waals surface area contributed by atoms with Gasteiger partial charge in [0.25, 0.3) is 0 Å². The quantitative estimate of drug-likeness (QED) is 0.164. The molecule has 0 aliphatic heterocycles. The summed E-state index contributed by atoms with van der Waals surface area (Å²) < 4.78 is 20.3. The lowest BCUT2D eigenvalue weighted by atomic mass is 9.92. The van der Waals surface area contributed by atoms with E-state index in [2.05, 4.69) is 175 Å². The molecule has 4 heteroatoms. The van der Waals surface area contributed by atoms with Crippen LogP contribution in [0.3, 0.4) is 0 Å². The first-order valence-electron chi connectivity index (χ1n) is 20.3. The zero-order valence-corrected chi connectivity index (χ0v) is 32.2. The van der Waals surface area contributed by atoms with Gasteiger partial charge in [-0.15, -0.1) is 0 Å². The highest BCUT2D eigenvalue weighted by Crippen LogP contribution is 2.50. The topological polar surface area (TPSA) is 42.7 Å². The molecular weight excluding hydrogens is 735 g/mol. The van der Waals surface area contributed by atoms with Crippen LogP contribution in [0, 0.1) is 0 Å². The molecule has 0 saturated carbocycles. The molecular formula is C56H33NO3. The molecule has 60 heavy (non-hydrogen) atoms. The summed E-state index contributed by atoms with van der Waals surface area (Å²) in [7, 11) is 0. The van der Waals surface area contributed by atoms with Crippen molar-refractivity contribution in [3.8, 4) is 22.3 Å². The normalized spacial score (nSPS) is 12.0. The number of para-hydroxylation sites is 3. The minimum Gasteiger partial charge on any atom is -0.456 e. The second-order valence-corrected chi connectivity index (χ2v) is 15.6. The van der Waals surface area contributed by atoms with Crippen molar-refractivity contribution in [1.29, 1.82) is 0 Å². The number of rotatable bonds is 5. The summed E-state index contributed by atoms with van der Waals surface area (Å²) in [6.07, 6.45) is 0. The van der Waals surface area contributed by atoms with Crippen molar-refractivity contribution in [3.05, 3.63) is 200 Å². The van der Waals surface area contributed by atoms with Gasteiger partial charge in [-0.1, -0.05) is 140 Å². The first-order chi connectivity index (χ1) is 29.7. The second-order valence-electron chi connectivity index (χ2n) is 15.6. The van der Waals surface area contributed by atoms with Crippen molar-refractivity contribution in [2.75, 3.05) is 4.90 Å². The molecule has 0 amide bonds. The third-order valence-electron chi connectivity index (χ3n) is 12.3. The van der Waals surface area contributed by atoms with Gasteiger partial charge in [-0.05, 0) is 92.8 Å². The molecule has 13 aromatic rings. The predicted molar refractivity (Wildman–Crippen MR) is 249 cm³/mol. The lowest BCUT2D eigenvalue weighted by molar-refractivity contribution is 0.667. The van der Waals surface area contributed by atoms with Gasteiger partial charge in [-0.3, -0.25) is 0 Å². The maximum atomic E-state index is 7.05. The third kappa shape index (κ3) is 4.85. The van der Waals surface area contributed by atoms with E-state index in [-0.39, 0.29) is 0 Å². The van der Waals surface area contributed by atoms with Gasteiger partial charge >= 0.3 is 0 Å². The first-order valence-corrected chi connectivity index (χ1v) is 20.3. The van der Waals surface area contributed by atoms with E-state index in [1.54, 1.807) is 0 Å². The van der Waals surface area contributed by atoms with E-state index < -0.39 is 0 Å². The third-order valence-corrected chi connectivity index (χ3v) is 12.3. The standard InChI is InChI=1S/C56H33NO3/c1-2-12-34(13-3-1)40-28-29-43(53-45-17-7-10-20-50(45)59-55(40)53)44-30-31-48(56-54(44)46-18-8-11-21-51(46)60-56)57(38-26-27-42-41-16-6-9-19-49(41)58-52(42)33-38)37-25-24-36-23-22-35-14-4-5-15-39(35)47(36)32-37/h1-33H. The summed E-state index contributed by atoms with van der Waals surface area (Å²) in [6, 6.07) is 70.7. The van der Waals surface area contributed by atoms with E-state index in [1.807, 2.05) is 30.3 Å². The Hall–Kier alpha value is -8.08. The maximum absolute atomic E-state index is 7.05. The number of hydrogen-bond acceptors (Lipinski definition) is 4. The van der Waals surface area contributed by atoms with Gasteiger partial charge in [0.1, 0.15) is 27.9 Å². The Labute approximate surface area is 343 Å². The van der Waals surface area contributed by atoms with Gasteiger partial charge in [-0.2, -0.15) is 0 Å². The number of fused-ring (bicyclic) bond motifs is 12. The first kappa shape index (κ1) is 32.9. The number of nitrogens with zero attached hydrogens (tertiary/aromatic N) is 1. The summed E-state index contributed by atoms with van der Waals surface area (Å²) in [5.74, 6) is 0. The van der Waals surface area contributed by atoms with Gasteiger partial charge in [0, 0.05) is 49.6 Å². The minimum atomic E-state index is 0.796. The van der Waals surface area contributed by atoms with Crippen LogP contribution in [0.1, 0.15) is 0 Å². The van der Waals surface area contributed by atoms with E-state index >= 15 is 0 Å². The van der Waals surface area contributed by atoms with Gasteiger partial charge in [-0.25, -0.2) is 0 Å². The molecule has 0 N–H and O–H groups in total. The molecule has 0 saturated heterocycles. The molecule has 0 fully saturated rings. The lowest BCUT2D eigenvalue weighted by Gasteiger charge is -2.26. The van der Waals surface area contributed by atoms with Crippen molar-refractivity contribution < 1.29 is 13.3 Å². The Kier molecular flexibility index (Phi) is 6.98. The van der Waals surface area contributed by atoms with Gasteiger partial charge < -0.3 is 18.2 Å². The van der Waals surface area contributed by atoms with E-state index in [0.29, 0.717) is 0 Å². The number of furan rings is 3. The van der Waals surface area contributed by atoms with Crippen molar-refractivity contribution in [1.82, 2.24) is 0 Å². The highest BCUT2D eigenvalue weighted by atomic mass is 16.3. The fourth-order valence-corrected chi connectivity index (χ4v) is 9.52. The molecule has 0 atom stereocenters. The Morgan fingerprint density at radius 2 is 0.817 bits per heavy atom. The Morgan fingerprint density at radius 1 is 0.300 bits per heavy atom. The van der Waals surface area contributed by atoms with Crippen LogP contribution in [-0.4, -0.2) is 0 Å². The van der Waals surface area contributed by atoms with Crippen LogP contribution < -0.4 is 4.90 Å². The van der Waals surface area contributed by atoms with Crippen LogP contribution in [0.4, 0.5) is 17.1 Å². The zero-order chi connectivity index (χ0) is 39.3. The number of anilines is 3. The molecule has 3 heterocycles. The maximum Gasteiger partial charge on any atom is 0.160 e. The second kappa shape index (κ2) is 12.7. The van der Waals surface area contributed by atoms with Crippen molar-refractivity contribution in [2.45, 2.75) is 0 Å².